The number of hydrogen-bond acceptors (Lipinski definition) is 2. The highest BCUT2D eigenvalue weighted by molar-refractivity contribution is 5.19. The molecule has 1 saturated heterocycles. The van der Waals surface area contributed by atoms with Gasteiger partial charge in [0, 0.05) is 11.5 Å². The van der Waals surface area contributed by atoms with E-state index in [0.717, 1.165) is 36.8 Å². The van der Waals surface area contributed by atoms with Crippen LogP contribution in [0.4, 0.5) is 8.78 Å². The lowest BCUT2D eigenvalue weighted by atomic mass is 9.78. The molecule has 0 N–H and O–H groups in total. The van der Waals surface area contributed by atoms with Crippen LogP contribution >= 0.6 is 0 Å². The summed E-state index contributed by atoms with van der Waals surface area (Å²) < 4.78 is 37.8. The van der Waals surface area contributed by atoms with Crippen molar-refractivity contribution in [2.75, 3.05) is 13.2 Å². The largest absolute Gasteiger partial charge is 0.348 e. The molecule has 4 heteroatoms. The van der Waals surface area contributed by atoms with E-state index in [9.17, 15) is 8.78 Å². The molecular weight excluding hydrogens is 322 g/mol. The number of benzene rings is 1. The van der Waals surface area contributed by atoms with Gasteiger partial charge < -0.3 is 9.47 Å². The molecule has 0 spiro atoms. The van der Waals surface area contributed by atoms with Crippen LogP contribution in [0.3, 0.4) is 0 Å². The van der Waals surface area contributed by atoms with Crippen molar-refractivity contribution < 1.29 is 18.3 Å². The highest BCUT2D eigenvalue weighted by Crippen LogP contribution is 2.35. The van der Waals surface area contributed by atoms with E-state index in [1.807, 2.05) is 6.08 Å². The lowest BCUT2D eigenvalue weighted by Crippen LogP contribution is -2.28. The molecule has 1 saturated carbocycles. The van der Waals surface area contributed by atoms with Gasteiger partial charge in [-0.2, -0.15) is 0 Å². The summed E-state index contributed by atoms with van der Waals surface area (Å²) in [7, 11) is 0. The Bertz CT molecular complexity index is 559. The Hall–Kier alpha value is -1.26. The normalized spacial score (nSPS) is 30.2. The van der Waals surface area contributed by atoms with Crippen molar-refractivity contribution in [2.24, 2.45) is 17.8 Å². The molecule has 0 amide bonds. The minimum Gasteiger partial charge on any atom is -0.348 e. The third-order valence-electron chi connectivity index (χ3n) is 5.63. The summed E-state index contributed by atoms with van der Waals surface area (Å²) in [5.41, 5.74) is 0.540. The fourth-order valence-electron chi connectivity index (χ4n) is 4.02. The molecule has 138 valence electrons. The van der Waals surface area contributed by atoms with Gasteiger partial charge in [-0.3, -0.25) is 0 Å². The molecule has 25 heavy (non-hydrogen) atoms. The van der Waals surface area contributed by atoms with Crippen molar-refractivity contribution in [3.63, 3.8) is 0 Å². The molecule has 0 radical (unpaired) electrons. The fourth-order valence-corrected chi connectivity index (χ4v) is 4.02. The standard InChI is InChI=1S/C21H28F2O2/c1-2-3-15-4-6-16(7-5-15)8-9-17-13-24-21(25-14-17)18-10-11-19(22)20(23)12-18/h2,10-12,15-17,21H,1,3-9,13-14H2/t15-,16-,17-,21-. The van der Waals surface area contributed by atoms with Crippen LogP contribution in [0.1, 0.15) is 56.8 Å². The topological polar surface area (TPSA) is 18.5 Å². The van der Waals surface area contributed by atoms with E-state index < -0.39 is 17.9 Å². The van der Waals surface area contributed by atoms with Crippen LogP contribution in [-0.4, -0.2) is 13.2 Å². The molecule has 0 aromatic heterocycles. The van der Waals surface area contributed by atoms with Crippen molar-refractivity contribution in [1.82, 2.24) is 0 Å². The summed E-state index contributed by atoms with van der Waals surface area (Å²) in [6, 6.07) is 3.79. The molecular formula is C21H28F2O2. The third kappa shape index (κ3) is 5.11. The molecule has 1 heterocycles. The van der Waals surface area contributed by atoms with E-state index in [2.05, 4.69) is 6.58 Å². The van der Waals surface area contributed by atoms with Gasteiger partial charge in [-0.15, -0.1) is 6.58 Å². The van der Waals surface area contributed by atoms with E-state index in [-0.39, 0.29) is 0 Å². The SMILES string of the molecule is C=CC[C@H]1CC[C@H](CC[C@H]2CO[C@H](c3ccc(F)c(F)c3)OC2)CC1. The summed E-state index contributed by atoms with van der Waals surface area (Å²) >= 11 is 0. The van der Waals surface area contributed by atoms with Crippen LogP contribution in [0.15, 0.2) is 30.9 Å². The van der Waals surface area contributed by atoms with Crippen molar-refractivity contribution in [1.29, 1.82) is 0 Å². The first-order valence-corrected chi connectivity index (χ1v) is 9.44. The van der Waals surface area contributed by atoms with Gasteiger partial charge in [-0.05, 0) is 49.7 Å². The molecule has 2 nitrogen and oxygen atoms in total. The van der Waals surface area contributed by atoms with Gasteiger partial charge in [0.2, 0.25) is 0 Å². The van der Waals surface area contributed by atoms with Crippen LogP contribution < -0.4 is 0 Å². The third-order valence-corrected chi connectivity index (χ3v) is 5.63. The van der Waals surface area contributed by atoms with E-state index in [1.54, 1.807) is 0 Å². The second kappa shape index (κ2) is 8.91. The lowest BCUT2D eigenvalue weighted by Gasteiger charge is -2.32. The predicted octanol–water partition coefficient (Wildman–Crippen LogP) is 5.79. The Kier molecular flexibility index (Phi) is 6.60. The molecule has 1 aromatic carbocycles. The maximum absolute atomic E-state index is 13.3. The Morgan fingerprint density at radius 3 is 2.20 bits per heavy atom. The van der Waals surface area contributed by atoms with Gasteiger partial charge >= 0.3 is 0 Å². The zero-order valence-electron chi connectivity index (χ0n) is 14.8. The van der Waals surface area contributed by atoms with Gasteiger partial charge in [0.15, 0.2) is 17.9 Å². The number of halogens is 2. The minimum absolute atomic E-state index is 0.396. The summed E-state index contributed by atoms with van der Waals surface area (Å²) in [6.45, 7) is 5.08. The van der Waals surface area contributed by atoms with Crippen molar-refractivity contribution >= 4 is 0 Å². The van der Waals surface area contributed by atoms with E-state index in [1.165, 1.54) is 38.2 Å². The molecule has 3 rings (SSSR count). The average molecular weight is 350 g/mol. The van der Waals surface area contributed by atoms with Gasteiger partial charge in [0.1, 0.15) is 0 Å². The minimum atomic E-state index is -0.862. The van der Waals surface area contributed by atoms with E-state index in [4.69, 9.17) is 9.47 Å². The summed E-state index contributed by atoms with van der Waals surface area (Å²) in [6.07, 6.45) is 10.3. The quantitative estimate of drug-likeness (QED) is 0.605. The molecule has 1 aliphatic heterocycles. The summed E-state index contributed by atoms with van der Waals surface area (Å²) in [5, 5.41) is 0. The highest BCUT2D eigenvalue weighted by atomic mass is 19.2. The molecule has 0 unspecified atom stereocenters. The van der Waals surface area contributed by atoms with E-state index >= 15 is 0 Å². The van der Waals surface area contributed by atoms with Gasteiger partial charge in [-0.25, -0.2) is 8.78 Å². The maximum atomic E-state index is 13.3. The Labute approximate surface area is 149 Å². The monoisotopic (exact) mass is 350 g/mol. The van der Waals surface area contributed by atoms with Crippen LogP contribution in [0.5, 0.6) is 0 Å². The van der Waals surface area contributed by atoms with Crippen LogP contribution in [0.2, 0.25) is 0 Å². The van der Waals surface area contributed by atoms with Gasteiger partial charge in [-0.1, -0.05) is 31.4 Å². The van der Waals surface area contributed by atoms with Crippen LogP contribution in [-0.2, 0) is 9.47 Å². The van der Waals surface area contributed by atoms with Crippen molar-refractivity contribution in [3.8, 4) is 0 Å². The maximum Gasteiger partial charge on any atom is 0.183 e. The Morgan fingerprint density at radius 1 is 0.920 bits per heavy atom. The number of ether oxygens (including phenoxy) is 2. The molecule has 2 fully saturated rings. The molecule has 1 aliphatic carbocycles. The lowest BCUT2D eigenvalue weighted by molar-refractivity contribution is -0.206. The second-order valence-electron chi connectivity index (χ2n) is 7.53. The fraction of sp³-hybridized carbons (Fsp3) is 0.619. The molecule has 0 atom stereocenters. The summed E-state index contributed by atoms with van der Waals surface area (Å²) in [4.78, 5) is 0. The van der Waals surface area contributed by atoms with Crippen LogP contribution in [0.25, 0.3) is 0 Å². The van der Waals surface area contributed by atoms with Gasteiger partial charge in [0.25, 0.3) is 0 Å². The highest BCUT2D eigenvalue weighted by Gasteiger charge is 2.26. The van der Waals surface area contributed by atoms with Crippen LogP contribution in [0, 0.1) is 29.4 Å². The van der Waals surface area contributed by atoms with E-state index in [0.29, 0.717) is 24.7 Å². The van der Waals surface area contributed by atoms with Crippen molar-refractivity contribution in [2.45, 2.75) is 51.2 Å². The smallest absolute Gasteiger partial charge is 0.183 e. The first-order chi connectivity index (χ1) is 12.2. The average Bonchev–Trinajstić information content (AvgIpc) is 2.64. The van der Waals surface area contributed by atoms with Gasteiger partial charge in [0.05, 0.1) is 13.2 Å². The zero-order valence-corrected chi connectivity index (χ0v) is 14.8. The molecule has 0 bridgehead atoms. The second-order valence-corrected chi connectivity index (χ2v) is 7.53. The first-order valence-electron chi connectivity index (χ1n) is 9.44. The Balaban J connectivity index is 1.38. The number of hydrogen-bond donors (Lipinski definition) is 0. The number of allylic oxidation sites excluding steroid dienone is 1. The predicted molar refractivity (Wildman–Crippen MR) is 94.0 cm³/mol. The zero-order chi connectivity index (χ0) is 17.6. The number of rotatable bonds is 6. The molecule has 1 aromatic rings. The molecule has 2 aliphatic rings. The van der Waals surface area contributed by atoms with Crippen molar-refractivity contribution in [3.05, 3.63) is 48.1 Å². The summed E-state index contributed by atoms with van der Waals surface area (Å²) in [5.74, 6) is 0.350. The first kappa shape index (κ1) is 18.5. The Morgan fingerprint density at radius 2 is 1.56 bits per heavy atom.